The van der Waals surface area contributed by atoms with Crippen LogP contribution in [0.5, 0.6) is 0 Å². The summed E-state index contributed by atoms with van der Waals surface area (Å²) in [6.45, 7) is 5.03. The Kier molecular flexibility index (Phi) is 7.61. The van der Waals surface area contributed by atoms with E-state index < -0.39 is 0 Å². The number of amides is 2. The Balaban J connectivity index is 1.38. The monoisotopic (exact) mass is 394 g/mol. The van der Waals surface area contributed by atoms with E-state index in [1.165, 1.54) is 18.4 Å². The van der Waals surface area contributed by atoms with Crippen LogP contribution in [0.15, 0.2) is 48.7 Å². The average Bonchev–Trinajstić information content (AvgIpc) is 2.78. The third kappa shape index (κ3) is 6.31. The fraction of sp³-hybridized carbons (Fsp3) is 0.435. The molecule has 1 fully saturated rings. The summed E-state index contributed by atoms with van der Waals surface area (Å²) in [6, 6.07) is 13.8. The van der Waals surface area contributed by atoms with Crippen LogP contribution in [-0.4, -0.2) is 47.9 Å². The summed E-state index contributed by atoms with van der Waals surface area (Å²) in [5.41, 5.74) is 2.07. The summed E-state index contributed by atoms with van der Waals surface area (Å²) in [5.74, 6) is 0.863. The van der Waals surface area contributed by atoms with Crippen molar-refractivity contribution in [1.82, 2.24) is 9.88 Å². The quantitative estimate of drug-likeness (QED) is 0.744. The molecule has 0 radical (unpaired) electrons. The van der Waals surface area contributed by atoms with Crippen molar-refractivity contribution >= 4 is 23.3 Å². The molecule has 0 bridgehead atoms. The zero-order chi connectivity index (χ0) is 20.5. The molecule has 1 aliphatic rings. The number of rotatable bonds is 8. The summed E-state index contributed by atoms with van der Waals surface area (Å²) >= 11 is 0. The maximum Gasteiger partial charge on any atom is 0.224 e. The SMILES string of the molecule is CCCCc1ccc(NC(=O)CCC(=O)N2CCN(c3ccccn3)CC2)cc1. The van der Waals surface area contributed by atoms with Crippen molar-refractivity contribution in [1.29, 1.82) is 0 Å². The predicted molar refractivity (Wildman–Crippen MR) is 116 cm³/mol. The maximum atomic E-state index is 12.5. The minimum absolute atomic E-state index is 0.0377. The van der Waals surface area contributed by atoms with Crippen LogP contribution in [0, 0.1) is 0 Å². The predicted octanol–water partition coefficient (Wildman–Crippen LogP) is 3.49. The number of hydrogen-bond donors (Lipinski definition) is 1. The molecule has 2 aromatic rings. The van der Waals surface area contributed by atoms with Crippen molar-refractivity contribution in [2.75, 3.05) is 36.4 Å². The summed E-state index contributed by atoms with van der Waals surface area (Å²) in [6.07, 6.45) is 5.63. The average molecular weight is 395 g/mol. The maximum absolute atomic E-state index is 12.5. The van der Waals surface area contributed by atoms with Gasteiger partial charge in [0, 0.05) is 50.9 Å². The first kappa shape index (κ1) is 20.8. The van der Waals surface area contributed by atoms with Crippen molar-refractivity contribution in [3.8, 4) is 0 Å². The second kappa shape index (κ2) is 10.6. The first-order chi connectivity index (χ1) is 14.2. The van der Waals surface area contributed by atoms with Crippen LogP contribution in [0.2, 0.25) is 0 Å². The fourth-order valence-corrected chi connectivity index (χ4v) is 3.46. The van der Waals surface area contributed by atoms with Gasteiger partial charge in [0.05, 0.1) is 0 Å². The third-order valence-electron chi connectivity index (χ3n) is 5.23. The highest BCUT2D eigenvalue weighted by Crippen LogP contribution is 2.15. The molecule has 0 unspecified atom stereocenters. The molecule has 1 N–H and O–H groups in total. The molecule has 2 amide bonds. The van der Waals surface area contributed by atoms with Gasteiger partial charge in [0.25, 0.3) is 0 Å². The largest absolute Gasteiger partial charge is 0.353 e. The lowest BCUT2D eigenvalue weighted by atomic mass is 10.1. The molecule has 3 rings (SSSR count). The summed E-state index contributed by atoms with van der Waals surface area (Å²) in [5, 5.41) is 2.89. The Bertz CT molecular complexity index is 784. The molecule has 1 aliphatic heterocycles. The van der Waals surface area contributed by atoms with Gasteiger partial charge in [0.15, 0.2) is 0 Å². The van der Waals surface area contributed by atoms with Crippen molar-refractivity contribution in [3.63, 3.8) is 0 Å². The number of piperazine rings is 1. The van der Waals surface area contributed by atoms with E-state index in [-0.39, 0.29) is 24.7 Å². The van der Waals surface area contributed by atoms with Crippen molar-refractivity contribution in [3.05, 3.63) is 54.2 Å². The smallest absolute Gasteiger partial charge is 0.224 e. The van der Waals surface area contributed by atoms with Gasteiger partial charge in [-0.25, -0.2) is 4.98 Å². The molecule has 6 nitrogen and oxygen atoms in total. The number of hydrogen-bond acceptors (Lipinski definition) is 4. The molecular weight excluding hydrogens is 364 g/mol. The van der Waals surface area contributed by atoms with Gasteiger partial charge in [-0.2, -0.15) is 0 Å². The van der Waals surface area contributed by atoms with Gasteiger partial charge >= 0.3 is 0 Å². The highest BCUT2D eigenvalue weighted by atomic mass is 16.2. The van der Waals surface area contributed by atoms with Gasteiger partial charge < -0.3 is 15.1 Å². The molecule has 0 aliphatic carbocycles. The molecule has 1 aromatic heterocycles. The van der Waals surface area contributed by atoms with Crippen LogP contribution in [0.4, 0.5) is 11.5 Å². The Hall–Kier alpha value is -2.89. The van der Waals surface area contributed by atoms with Crippen LogP contribution >= 0.6 is 0 Å². The third-order valence-corrected chi connectivity index (χ3v) is 5.23. The zero-order valence-electron chi connectivity index (χ0n) is 17.1. The number of aryl methyl sites for hydroxylation is 1. The highest BCUT2D eigenvalue weighted by Gasteiger charge is 2.22. The molecule has 6 heteroatoms. The first-order valence-corrected chi connectivity index (χ1v) is 10.5. The number of carbonyl (C=O) groups is 2. The standard InChI is InChI=1S/C23H30N4O2/c1-2-3-6-19-8-10-20(11-9-19)25-22(28)12-13-23(29)27-17-15-26(16-18-27)21-7-4-5-14-24-21/h4-5,7-11,14H,2-3,6,12-13,15-18H2,1H3,(H,25,28). The van der Waals surface area contributed by atoms with Gasteiger partial charge in [-0.05, 0) is 42.7 Å². The van der Waals surface area contributed by atoms with E-state index in [1.54, 1.807) is 6.20 Å². The van der Waals surface area contributed by atoms with Crippen LogP contribution in [0.25, 0.3) is 0 Å². The fourth-order valence-electron chi connectivity index (χ4n) is 3.46. The molecule has 154 valence electrons. The molecular formula is C23H30N4O2. The number of aromatic nitrogens is 1. The summed E-state index contributed by atoms with van der Waals surface area (Å²) in [7, 11) is 0. The molecule has 0 atom stereocenters. The highest BCUT2D eigenvalue weighted by molar-refractivity contribution is 5.93. The second-order valence-corrected chi connectivity index (χ2v) is 7.40. The van der Waals surface area contributed by atoms with Gasteiger partial charge in [-0.3, -0.25) is 9.59 Å². The molecule has 1 saturated heterocycles. The number of anilines is 2. The number of carbonyl (C=O) groups excluding carboxylic acids is 2. The Morgan fingerprint density at radius 1 is 1.00 bits per heavy atom. The van der Waals surface area contributed by atoms with E-state index in [9.17, 15) is 9.59 Å². The van der Waals surface area contributed by atoms with Crippen molar-refractivity contribution < 1.29 is 9.59 Å². The van der Waals surface area contributed by atoms with Crippen molar-refractivity contribution in [2.45, 2.75) is 39.0 Å². The van der Waals surface area contributed by atoms with E-state index in [0.717, 1.165) is 31.0 Å². The lowest BCUT2D eigenvalue weighted by Crippen LogP contribution is -2.49. The van der Waals surface area contributed by atoms with E-state index in [1.807, 2.05) is 35.2 Å². The van der Waals surface area contributed by atoms with E-state index in [4.69, 9.17) is 0 Å². The Morgan fingerprint density at radius 2 is 1.76 bits per heavy atom. The van der Waals surface area contributed by atoms with Crippen LogP contribution < -0.4 is 10.2 Å². The number of benzene rings is 1. The lowest BCUT2D eigenvalue weighted by molar-refractivity contribution is -0.133. The Labute approximate surface area is 172 Å². The molecule has 0 spiro atoms. The van der Waals surface area contributed by atoms with Gasteiger partial charge in [-0.15, -0.1) is 0 Å². The van der Waals surface area contributed by atoms with Crippen LogP contribution in [-0.2, 0) is 16.0 Å². The zero-order valence-corrected chi connectivity index (χ0v) is 17.1. The number of pyridine rings is 1. The summed E-state index contributed by atoms with van der Waals surface area (Å²) < 4.78 is 0. The molecule has 1 aromatic carbocycles. The second-order valence-electron chi connectivity index (χ2n) is 7.40. The van der Waals surface area contributed by atoms with Crippen molar-refractivity contribution in [2.24, 2.45) is 0 Å². The van der Waals surface area contributed by atoms with E-state index in [2.05, 4.69) is 34.3 Å². The van der Waals surface area contributed by atoms with E-state index in [0.29, 0.717) is 13.1 Å². The number of unbranched alkanes of at least 4 members (excludes halogenated alkanes) is 1. The summed E-state index contributed by atoms with van der Waals surface area (Å²) in [4.78, 5) is 33.0. The molecule has 2 heterocycles. The normalized spacial score (nSPS) is 14.0. The first-order valence-electron chi connectivity index (χ1n) is 10.5. The van der Waals surface area contributed by atoms with Gasteiger partial charge in [0.1, 0.15) is 5.82 Å². The van der Waals surface area contributed by atoms with Gasteiger partial charge in [-0.1, -0.05) is 31.5 Å². The number of nitrogens with one attached hydrogen (secondary N) is 1. The number of nitrogens with zero attached hydrogens (tertiary/aromatic N) is 3. The Morgan fingerprint density at radius 3 is 2.41 bits per heavy atom. The molecule has 0 saturated carbocycles. The minimum atomic E-state index is -0.119. The van der Waals surface area contributed by atoms with E-state index >= 15 is 0 Å². The molecule has 29 heavy (non-hydrogen) atoms. The lowest BCUT2D eigenvalue weighted by Gasteiger charge is -2.35. The van der Waals surface area contributed by atoms with Crippen LogP contribution in [0.3, 0.4) is 0 Å². The van der Waals surface area contributed by atoms with Gasteiger partial charge in [0.2, 0.25) is 11.8 Å². The van der Waals surface area contributed by atoms with Crippen LogP contribution in [0.1, 0.15) is 38.2 Å². The minimum Gasteiger partial charge on any atom is -0.353 e. The topological polar surface area (TPSA) is 65.5 Å².